The standard InChI is InChI=1S/C19H21N5OS2/c1-23(17-10-4-7-14-6-2-3-9-16(14)17)18(25)13-27-19-20-21-22-24(19)12-15-8-5-11-26-15/h2-3,5-6,8-9,11,17H,4,7,10,12-13H2,1H3/t17-/m0/s1. The average molecular weight is 400 g/mol. The van der Waals surface area contributed by atoms with Gasteiger partial charge in [0.05, 0.1) is 18.3 Å². The number of carbonyl (C=O) groups excluding carboxylic acids is 1. The lowest BCUT2D eigenvalue weighted by molar-refractivity contribution is -0.129. The van der Waals surface area contributed by atoms with Crippen molar-refractivity contribution in [3.05, 3.63) is 57.8 Å². The molecule has 0 saturated heterocycles. The van der Waals surface area contributed by atoms with Gasteiger partial charge in [-0.05, 0) is 52.3 Å². The maximum atomic E-state index is 12.8. The van der Waals surface area contributed by atoms with Crippen molar-refractivity contribution in [3.8, 4) is 0 Å². The van der Waals surface area contributed by atoms with Gasteiger partial charge in [-0.2, -0.15) is 0 Å². The zero-order chi connectivity index (χ0) is 18.6. The summed E-state index contributed by atoms with van der Waals surface area (Å²) < 4.78 is 1.75. The molecule has 27 heavy (non-hydrogen) atoms. The van der Waals surface area contributed by atoms with E-state index in [-0.39, 0.29) is 11.9 Å². The third-order valence-electron chi connectivity index (χ3n) is 4.91. The SMILES string of the molecule is CN(C(=O)CSc1nnnn1Cc1cccs1)[C@H]1CCCc2ccccc21. The second-order valence-electron chi connectivity index (χ2n) is 6.60. The molecular weight excluding hydrogens is 378 g/mol. The zero-order valence-electron chi connectivity index (χ0n) is 15.1. The van der Waals surface area contributed by atoms with Crippen LogP contribution in [0.1, 0.15) is 34.9 Å². The summed E-state index contributed by atoms with van der Waals surface area (Å²) in [4.78, 5) is 15.9. The first-order valence-corrected chi connectivity index (χ1v) is 10.8. The minimum Gasteiger partial charge on any atom is -0.338 e. The zero-order valence-corrected chi connectivity index (χ0v) is 16.7. The Morgan fingerprint density at radius 1 is 1.33 bits per heavy atom. The normalized spacial score (nSPS) is 16.1. The number of fused-ring (bicyclic) bond motifs is 1. The third kappa shape index (κ3) is 4.06. The van der Waals surface area contributed by atoms with Crippen LogP contribution in [0.25, 0.3) is 0 Å². The van der Waals surface area contributed by atoms with E-state index in [9.17, 15) is 4.79 Å². The molecule has 1 aromatic carbocycles. The first-order valence-electron chi connectivity index (χ1n) is 8.97. The molecule has 1 aliphatic carbocycles. The second-order valence-corrected chi connectivity index (χ2v) is 8.57. The van der Waals surface area contributed by atoms with Crippen LogP contribution in [0.3, 0.4) is 0 Å². The van der Waals surface area contributed by atoms with Crippen molar-refractivity contribution < 1.29 is 4.79 Å². The van der Waals surface area contributed by atoms with Gasteiger partial charge in [-0.3, -0.25) is 4.79 Å². The molecule has 0 N–H and O–H groups in total. The maximum absolute atomic E-state index is 12.8. The van der Waals surface area contributed by atoms with Gasteiger partial charge in [0.15, 0.2) is 0 Å². The molecule has 0 fully saturated rings. The molecule has 0 bridgehead atoms. The molecule has 1 amide bonds. The number of carbonyl (C=O) groups is 1. The summed E-state index contributed by atoms with van der Waals surface area (Å²) in [7, 11) is 1.91. The Morgan fingerprint density at radius 3 is 3.07 bits per heavy atom. The number of nitrogens with zero attached hydrogens (tertiary/aromatic N) is 5. The third-order valence-corrected chi connectivity index (χ3v) is 6.71. The summed E-state index contributed by atoms with van der Waals surface area (Å²) in [6.45, 7) is 0.632. The molecular formula is C19H21N5OS2. The number of hydrogen-bond acceptors (Lipinski definition) is 6. The van der Waals surface area contributed by atoms with Crippen LogP contribution < -0.4 is 0 Å². The van der Waals surface area contributed by atoms with E-state index in [4.69, 9.17) is 0 Å². The van der Waals surface area contributed by atoms with E-state index in [0.29, 0.717) is 17.5 Å². The highest BCUT2D eigenvalue weighted by Gasteiger charge is 2.26. The Kier molecular flexibility index (Phi) is 5.54. The molecule has 3 aromatic rings. The lowest BCUT2D eigenvalue weighted by Gasteiger charge is -2.33. The largest absolute Gasteiger partial charge is 0.338 e. The quantitative estimate of drug-likeness (QED) is 0.595. The molecule has 0 spiro atoms. The molecule has 8 heteroatoms. The van der Waals surface area contributed by atoms with E-state index in [1.165, 1.54) is 27.8 Å². The van der Waals surface area contributed by atoms with Gasteiger partial charge in [0.25, 0.3) is 0 Å². The van der Waals surface area contributed by atoms with Crippen molar-refractivity contribution in [2.24, 2.45) is 0 Å². The highest BCUT2D eigenvalue weighted by Crippen LogP contribution is 2.33. The van der Waals surface area contributed by atoms with Gasteiger partial charge in [0, 0.05) is 11.9 Å². The van der Waals surface area contributed by atoms with Gasteiger partial charge in [-0.25, -0.2) is 4.68 Å². The summed E-state index contributed by atoms with van der Waals surface area (Å²) in [5.41, 5.74) is 2.65. The van der Waals surface area contributed by atoms with Crippen molar-refractivity contribution >= 4 is 29.0 Å². The molecule has 1 aliphatic rings. The lowest BCUT2D eigenvalue weighted by atomic mass is 9.87. The van der Waals surface area contributed by atoms with Gasteiger partial charge in [0.2, 0.25) is 11.1 Å². The van der Waals surface area contributed by atoms with Crippen LogP contribution in [-0.4, -0.2) is 43.8 Å². The van der Waals surface area contributed by atoms with Crippen LogP contribution in [0.2, 0.25) is 0 Å². The number of tetrazole rings is 1. The molecule has 140 valence electrons. The number of thioether (sulfide) groups is 1. The van der Waals surface area contributed by atoms with Crippen molar-refractivity contribution in [1.29, 1.82) is 0 Å². The topological polar surface area (TPSA) is 63.9 Å². The first-order chi connectivity index (χ1) is 13.2. The predicted molar refractivity (Wildman–Crippen MR) is 107 cm³/mol. The fourth-order valence-corrected chi connectivity index (χ4v) is 4.97. The summed E-state index contributed by atoms with van der Waals surface area (Å²) in [5.74, 6) is 0.437. The number of thiophene rings is 1. The molecule has 0 radical (unpaired) electrons. The van der Waals surface area contributed by atoms with Crippen LogP contribution >= 0.6 is 23.1 Å². The van der Waals surface area contributed by atoms with Gasteiger partial charge in [-0.1, -0.05) is 42.1 Å². The van der Waals surface area contributed by atoms with E-state index >= 15 is 0 Å². The van der Waals surface area contributed by atoms with Crippen molar-refractivity contribution in [3.63, 3.8) is 0 Å². The highest BCUT2D eigenvalue weighted by atomic mass is 32.2. The smallest absolute Gasteiger partial charge is 0.233 e. The molecule has 6 nitrogen and oxygen atoms in total. The monoisotopic (exact) mass is 399 g/mol. The van der Waals surface area contributed by atoms with E-state index in [1.807, 2.05) is 23.4 Å². The van der Waals surface area contributed by atoms with Gasteiger partial charge in [0.1, 0.15) is 0 Å². The van der Waals surface area contributed by atoms with Crippen LogP contribution in [-0.2, 0) is 17.8 Å². The fraction of sp³-hybridized carbons (Fsp3) is 0.368. The Hall–Kier alpha value is -2.19. The predicted octanol–water partition coefficient (Wildman–Crippen LogP) is 3.41. The Balaban J connectivity index is 1.40. The summed E-state index contributed by atoms with van der Waals surface area (Å²) in [6, 6.07) is 12.7. The van der Waals surface area contributed by atoms with Crippen molar-refractivity contribution in [2.45, 2.75) is 37.0 Å². The van der Waals surface area contributed by atoms with E-state index in [1.54, 1.807) is 16.0 Å². The lowest BCUT2D eigenvalue weighted by Crippen LogP contribution is -2.34. The molecule has 2 aromatic heterocycles. The van der Waals surface area contributed by atoms with Crippen LogP contribution in [0.15, 0.2) is 46.9 Å². The number of aryl methyl sites for hydroxylation is 1. The van der Waals surface area contributed by atoms with Crippen LogP contribution in [0, 0.1) is 0 Å². The number of amides is 1. The van der Waals surface area contributed by atoms with Gasteiger partial charge < -0.3 is 4.90 Å². The molecule has 4 rings (SSSR count). The van der Waals surface area contributed by atoms with Crippen LogP contribution in [0.5, 0.6) is 0 Å². The number of aromatic nitrogens is 4. The minimum atomic E-state index is 0.104. The fourth-order valence-electron chi connectivity index (χ4n) is 3.48. The van der Waals surface area contributed by atoms with E-state index in [0.717, 1.165) is 19.3 Å². The number of benzene rings is 1. The maximum Gasteiger partial charge on any atom is 0.233 e. The van der Waals surface area contributed by atoms with E-state index < -0.39 is 0 Å². The first kappa shape index (κ1) is 18.2. The molecule has 0 unspecified atom stereocenters. The van der Waals surface area contributed by atoms with Crippen molar-refractivity contribution in [2.75, 3.05) is 12.8 Å². The van der Waals surface area contributed by atoms with Crippen LogP contribution in [0.4, 0.5) is 0 Å². The van der Waals surface area contributed by atoms with Crippen molar-refractivity contribution in [1.82, 2.24) is 25.1 Å². The summed E-state index contributed by atoms with van der Waals surface area (Å²) >= 11 is 3.07. The minimum absolute atomic E-state index is 0.104. The number of rotatable bonds is 6. The second kappa shape index (κ2) is 8.22. The van der Waals surface area contributed by atoms with Gasteiger partial charge in [-0.15, -0.1) is 16.4 Å². The molecule has 0 aliphatic heterocycles. The average Bonchev–Trinajstić information content (AvgIpc) is 3.37. The molecule has 1 atom stereocenters. The number of hydrogen-bond donors (Lipinski definition) is 0. The molecule has 2 heterocycles. The Labute approximate surface area is 166 Å². The van der Waals surface area contributed by atoms with Gasteiger partial charge >= 0.3 is 0 Å². The Morgan fingerprint density at radius 2 is 2.22 bits per heavy atom. The Bertz CT molecular complexity index is 908. The highest BCUT2D eigenvalue weighted by molar-refractivity contribution is 7.99. The molecule has 0 saturated carbocycles. The van der Waals surface area contributed by atoms with E-state index in [2.05, 4.69) is 45.9 Å². The summed E-state index contributed by atoms with van der Waals surface area (Å²) in [5, 5.41) is 14.6. The summed E-state index contributed by atoms with van der Waals surface area (Å²) in [6.07, 6.45) is 3.23.